The number of aryl methyl sites for hydroxylation is 1. The number of hydrogen-bond donors (Lipinski definition) is 0. The second-order valence-corrected chi connectivity index (χ2v) is 22.1. The molecule has 0 amide bonds. The molecule has 0 spiro atoms. The van der Waals surface area contributed by atoms with Crippen molar-refractivity contribution < 1.29 is 8.83 Å². The van der Waals surface area contributed by atoms with Crippen molar-refractivity contribution in [3.05, 3.63) is 221 Å². The van der Waals surface area contributed by atoms with E-state index in [4.69, 9.17) is 8.83 Å². The van der Waals surface area contributed by atoms with E-state index in [0.29, 0.717) is 0 Å². The van der Waals surface area contributed by atoms with Gasteiger partial charge in [-0.25, -0.2) is 0 Å². The molecule has 0 saturated carbocycles. The minimum Gasteiger partial charge on any atom is -0.455 e. The van der Waals surface area contributed by atoms with Crippen molar-refractivity contribution in [2.45, 2.75) is 64.7 Å². The SMILES string of the molecule is Cc1ccc(-c2cc3c(c4c2oc2ccccc24)-c2ccc(N(c4ccc5c(c4)C(C)(C)c4c6c(c7oc8ccccc8c7c4-5)-c4ccccc4C6(C)C)c4ccc5ccccc5c4)cc2C3(C)C)cc1. The highest BCUT2D eigenvalue weighted by Crippen LogP contribution is 2.64. The van der Waals surface area contributed by atoms with Gasteiger partial charge in [0.1, 0.15) is 22.3 Å². The Kier molecular flexibility index (Phi) is 7.91. The van der Waals surface area contributed by atoms with Crippen molar-refractivity contribution in [2.75, 3.05) is 4.90 Å². The highest BCUT2D eigenvalue weighted by Gasteiger charge is 2.49. The van der Waals surface area contributed by atoms with Gasteiger partial charge in [0.15, 0.2) is 0 Å². The minimum atomic E-state index is -0.332. The molecule has 3 aliphatic carbocycles. The topological polar surface area (TPSA) is 29.5 Å². The number of nitrogens with zero attached hydrogens (tertiary/aromatic N) is 1. The molecule has 0 N–H and O–H groups in total. The fraction of sp³-hybridized carbons (Fsp3) is 0.147. The summed E-state index contributed by atoms with van der Waals surface area (Å²) in [5.74, 6) is 0. The van der Waals surface area contributed by atoms with Gasteiger partial charge >= 0.3 is 0 Å². The van der Waals surface area contributed by atoms with E-state index in [1.165, 1.54) is 105 Å². The highest BCUT2D eigenvalue weighted by atomic mass is 16.3. The molecule has 71 heavy (non-hydrogen) atoms. The van der Waals surface area contributed by atoms with Crippen LogP contribution in [0.2, 0.25) is 0 Å². The van der Waals surface area contributed by atoms with Crippen LogP contribution in [0.15, 0.2) is 191 Å². The van der Waals surface area contributed by atoms with Gasteiger partial charge in [0, 0.05) is 66.0 Å². The molecule has 0 bridgehead atoms. The first kappa shape index (κ1) is 40.7. The van der Waals surface area contributed by atoms with Crippen LogP contribution in [0.25, 0.3) is 99.2 Å². The molecule has 0 atom stereocenters. The Balaban J connectivity index is 0.961. The maximum atomic E-state index is 7.00. The third-order valence-electron chi connectivity index (χ3n) is 17.0. The average Bonchev–Trinajstić information content (AvgIpc) is 4.14. The molecule has 2 aromatic heterocycles. The van der Waals surface area contributed by atoms with E-state index in [1.54, 1.807) is 0 Å². The quantitative estimate of drug-likeness (QED) is 0.176. The van der Waals surface area contributed by atoms with Crippen LogP contribution in [0.3, 0.4) is 0 Å². The van der Waals surface area contributed by atoms with E-state index in [0.717, 1.165) is 50.3 Å². The summed E-state index contributed by atoms with van der Waals surface area (Å²) in [6.07, 6.45) is 0. The van der Waals surface area contributed by atoms with Gasteiger partial charge in [-0.3, -0.25) is 0 Å². The fourth-order valence-corrected chi connectivity index (χ4v) is 13.6. The standard InChI is InChI=1S/C68H51NO2/c1-38-24-26-40(27-25-38)50-37-54-57(59-48-19-11-14-22-55(48)70-64(50)59)46-32-30-43(35-52(46)66(54,2)3)69(42-29-28-39-16-8-9-17-41(39)34-42)44-31-33-47-53(36-44)68(6,7)62-58(47)60-49-20-12-15-23-56(49)71-65(60)61-45-18-10-13-21-51(45)67(4,5)63(61)62/h8-37H,1-7H3. The van der Waals surface area contributed by atoms with E-state index in [-0.39, 0.29) is 16.2 Å². The van der Waals surface area contributed by atoms with E-state index in [9.17, 15) is 0 Å². The monoisotopic (exact) mass is 913 g/mol. The smallest absolute Gasteiger partial charge is 0.144 e. The molecule has 3 aliphatic rings. The second kappa shape index (κ2) is 13.8. The molecule has 340 valence electrons. The summed E-state index contributed by atoms with van der Waals surface area (Å²) in [6.45, 7) is 16.7. The van der Waals surface area contributed by atoms with E-state index in [2.05, 4.69) is 235 Å². The Bertz CT molecular complexity index is 4320. The number of anilines is 3. The fourth-order valence-electron chi connectivity index (χ4n) is 13.6. The Morgan fingerprint density at radius 3 is 1.61 bits per heavy atom. The molecule has 15 rings (SSSR count). The molecule has 3 nitrogen and oxygen atoms in total. The Labute approximate surface area is 413 Å². The van der Waals surface area contributed by atoms with Gasteiger partial charge in [0.2, 0.25) is 0 Å². The van der Waals surface area contributed by atoms with E-state index >= 15 is 0 Å². The van der Waals surface area contributed by atoms with Crippen molar-refractivity contribution in [2.24, 2.45) is 0 Å². The number of para-hydroxylation sites is 2. The summed E-state index contributed by atoms with van der Waals surface area (Å²) >= 11 is 0. The maximum Gasteiger partial charge on any atom is 0.144 e. The van der Waals surface area contributed by atoms with Crippen LogP contribution in [0, 0.1) is 6.92 Å². The van der Waals surface area contributed by atoms with Crippen molar-refractivity contribution in [1.82, 2.24) is 0 Å². The van der Waals surface area contributed by atoms with Gasteiger partial charge in [-0.15, -0.1) is 0 Å². The lowest BCUT2D eigenvalue weighted by atomic mass is 9.72. The maximum absolute atomic E-state index is 7.00. The number of hydrogen-bond acceptors (Lipinski definition) is 3. The van der Waals surface area contributed by atoms with Crippen molar-refractivity contribution in [3.63, 3.8) is 0 Å². The molecule has 10 aromatic carbocycles. The lowest BCUT2D eigenvalue weighted by Crippen LogP contribution is -2.24. The summed E-state index contributed by atoms with van der Waals surface area (Å²) in [4.78, 5) is 2.50. The summed E-state index contributed by atoms with van der Waals surface area (Å²) in [5, 5.41) is 7.17. The van der Waals surface area contributed by atoms with Crippen LogP contribution in [0.4, 0.5) is 17.1 Å². The molecular formula is C68H51NO2. The van der Waals surface area contributed by atoms with Crippen molar-refractivity contribution in [3.8, 4) is 44.5 Å². The summed E-state index contributed by atoms with van der Waals surface area (Å²) < 4.78 is 13.8. The van der Waals surface area contributed by atoms with Crippen molar-refractivity contribution >= 4 is 71.7 Å². The lowest BCUT2D eigenvalue weighted by Gasteiger charge is -2.32. The van der Waals surface area contributed by atoms with Gasteiger partial charge < -0.3 is 13.7 Å². The van der Waals surface area contributed by atoms with Crippen LogP contribution in [0.1, 0.15) is 80.5 Å². The van der Waals surface area contributed by atoms with Crippen LogP contribution in [-0.4, -0.2) is 0 Å². The van der Waals surface area contributed by atoms with Gasteiger partial charge in [-0.2, -0.15) is 0 Å². The largest absolute Gasteiger partial charge is 0.455 e. The first-order chi connectivity index (χ1) is 34.4. The molecule has 2 heterocycles. The molecule has 3 heteroatoms. The van der Waals surface area contributed by atoms with Gasteiger partial charge in [0.25, 0.3) is 0 Å². The summed E-state index contributed by atoms with van der Waals surface area (Å²) in [7, 11) is 0. The predicted molar refractivity (Wildman–Crippen MR) is 296 cm³/mol. The third-order valence-corrected chi connectivity index (χ3v) is 17.0. The molecule has 12 aromatic rings. The van der Waals surface area contributed by atoms with Crippen LogP contribution < -0.4 is 4.90 Å². The Morgan fingerprint density at radius 2 is 0.887 bits per heavy atom. The number of fused-ring (bicyclic) bond motifs is 20. The van der Waals surface area contributed by atoms with Crippen LogP contribution in [0.5, 0.6) is 0 Å². The highest BCUT2D eigenvalue weighted by molar-refractivity contribution is 6.21. The van der Waals surface area contributed by atoms with Crippen LogP contribution >= 0.6 is 0 Å². The zero-order valence-corrected chi connectivity index (χ0v) is 41.1. The lowest BCUT2D eigenvalue weighted by molar-refractivity contribution is 0.600. The molecule has 0 saturated heterocycles. The third kappa shape index (κ3) is 5.28. The molecule has 0 unspecified atom stereocenters. The van der Waals surface area contributed by atoms with Crippen LogP contribution in [-0.2, 0) is 16.2 Å². The zero-order valence-electron chi connectivity index (χ0n) is 41.1. The van der Waals surface area contributed by atoms with Crippen molar-refractivity contribution in [1.29, 1.82) is 0 Å². The van der Waals surface area contributed by atoms with Gasteiger partial charge in [-0.1, -0.05) is 174 Å². The van der Waals surface area contributed by atoms with E-state index in [1.807, 2.05) is 0 Å². The molecule has 0 aliphatic heterocycles. The van der Waals surface area contributed by atoms with E-state index < -0.39 is 0 Å². The minimum absolute atomic E-state index is 0.230. The number of furan rings is 2. The summed E-state index contributed by atoms with van der Waals surface area (Å²) in [6, 6.07) is 67.6. The average molecular weight is 914 g/mol. The summed E-state index contributed by atoms with van der Waals surface area (Å²) in [5.41, 5.74) is 25.6. The normalized spacial score (nSPS) is 15.3. The number of rotatable bonds is 4. The first-order valence-corrected chi connectivity index (χ1v) is 25.2. The Hall–Kier alpha value is -8.14. The zero-order chi connectivity index (χ0) is 47.9. The van der Waals surface area contributed by atoms with Gasteiger partial charge in [0.05, 0.1) is 0 Å². The molecule has 0 fully saturated rings. The predicted octanol–water partition coefficient (Wildman–Crippen LogP) is 19.0. The molecular weight excluding hydrogens is 863 g/mol. The second-order valence-electron chi connectivity index (χ2n) is 22.1. The molecule has 0 radical (unpaired) electrons. The number of benzene rings is 10. The Morgan fingerprint density at radius 1 is 0.366 bits per heavy atom. The van der Waals surface area contributed by atoms with Gasteiger partial charge in [-0.05, 0) is 139 Å². The first-order valence-electron chi connectivity index (χ1n) is 25.2.